The number of anilines is 1. The molecule has 0 spiro atoms. The molecule has 0 N–H and O–H groups in total. The van der Waals surface area contributed by atoms with Crippen molar-refractivity contribution < 1.29 is 0 Å². The van der Waals surface area contributed by atoms with Crippen molar-refractivity contribution in [1.29, 1.82) is 5.26 Å². The first-order valence-corrected chi connectivity index (χ1v) is 8.56. The second-order valence-electron chi connectivity index (χ2n) is 6.20. The Balaban J connectivity index is 1.88. The molecule has 1 unspecified atom stereocenters. The van der Waals surface area contributed by atoms with Crippen LogP contribution < -0.4 is 4.90 Å². The van der Waals surface area contributed by atoms with Gasteiger partial charge in [0.05, 0.1) is 11.6 Å². The Morgan fingerprint density at radius 3 is 2.81 bits per heavy atom. The van der Waals surface area contributed by atoms with Gasteiger partial charge in [0.2, 0.25) is 0 Å². The summed E-state index contributed by atoms with van der Waals surface area (Å²) in [5.41, 5.74) is 4.96. The van der Waals surface area contributed by atoms with Gasteiger partial charge in [-0.25, -0.2) is 0 Å². The van der Waals surface area contributed by atoms with Crippen molar-refractivity contribution in [2.45, 2.75) is 19.9 Å². The highest BCUT2D eigenvalue weighted by Crippen LogP contribution is 2.36. The molecule has 6 heteroatoms. The van der Waals surface area contributed by atoms with Crippen molar-refractivity contribution in [3.05, 3.63) is 71.4 Å². The second-order valence-corrected chi connectivity index (χ2v) is 6.20. The number of benzene rings is 2. The van der Waals surface area contributed by atoms with E-state index >= 15 is 0 Å². The molecule has 0 bridgehead atoms. The fourth-order valence-electron chi connectivity index (χ4n) is 3.48. The SMILES string of the molecule is CCN1C(C)=CC(c2ccccc2-c2cccc(C#N)c2)n2nnnc21. The fourth-order valence-corrected chi connectivity index (χ4v) is 3.48. The Morgan fingerprint density at radius 2 is 2.00 bits per heavy atom. The Bertz CT molecular complexity index is 1030. The first-order chi connectivity index (χ1) is 12.7. The molecule has 128 valence electrons. The Kier molecular flexibility index (Phi) is 3.98. The highest BCUT2D eigenvalue weighted by molar-refractivity contribution is 5.70. The van der Waals surface area contributed by atoms with E-state index in [1.54, 1.807) is 0 Å². The summed E-state index contributed by atoms with van der Waals surface area (Å²) in [5, 5.41) is 21.6. The molecule has 26 heavy (non-hydrogen) atoms. The molecular weight excluding hydrogens is 324 g/mol. The van der Waals surface area contributed by atoms with Crippen LogP contribution in [0.5, 0.6) is 0 Å². The van der Waals surface area contributed by atoms with Gasteiger partial charge in [-0.2, -0.15) is 9.94 Å². The molecule has 1 aromatic heterocycles. The number of fused-ring (bicyclic) bond motifs is 1. The molecule has 0 aliphatic carbocycles. The van der Waals surface area contributed by atoms with Crippen molar-refractivity contribution in [1.82, 2.24) is 20.2 Å². The average Bonchev–Trinajstić information content (AvgIpc) is 3.17. The number of allylic oxidation sites excluding steroid dienone is 2. The maximum Gasteiger partial charge on any atom is 0.250 e. The van der Waals surface area contributed by atoms with Crippen molar-refractivity contribution >= 4 is 5.95 Å². The maximum absolute atomic E-state index is 9.22. The van der Waals surface area contributed by atoms with E-state index in [1.807, 2.05) is 41.1 Å². The van der Waals surface area contributed by atoms with Crippen LogP contribution in [0.3, 0.4) is 0 Å². The van der Waals surface area contributed by atoms with Gasteiger partial charge in [-0.05, 0) is 59.2 Å². The van der Waals surface area contributed by atoms with E-state index in [2.05, 4.69) is 58.6 Å². The third kappa shape index (κ3) is 2.54. The molecule has 2 heterocycles. The highest BCUT2D eigenvalue weighted by Gasteiger charge is 2.28. The van der Waals surface area contributed by atoms with Gasteiger partial charge >= 0.3 is 0 Å². The van der Waals surface area contributed by atoms with Crippen LogP contribution in [0.1, 0.15) is 31.0 Å². The number of rotatable bonds is 3. The van der Waals surface area contributed by atoms with Crippen LogP contribution in [0.15, 0.2) is 60.3 Å². The lowest BCUT2D eigenvalue weighted by molar-refractivity contribution is 0.562. The predicted octanol–water partition coefficient (Wildman–Crippen LogP) is 3.54. The summed E-state index contributed by atoms with van der Waals surface area (Å²) in [7, 11) is 0. The van der Waals surface area contributed by atoms with Crippen molar-refractivity contribution in [3.63, 3.8) is 0 Å². The minimum atomic E-state index is -0.0928. The Labute approximate surface area is 152 Å². The number of tetrazole rings is 1. The van der Waals surface area contributed by atoms with E-state index in [1.165, 1.54) is 0 Å². The maximum atomic E-state index is 9.22. The van der Waals surface area contributed by atoms with E-state index in [0.717, 1.165) is 34.9 Å². The van der Waals surface area contributed by atoms with E-state index in [0.29, 0.717) is 5.56 Å². The number of nitrogens with zero attached hydrogens (tertiary/aromatic N) is 6. The lowest BCUT2D eigenvalue weighted by Gasteiger charge is -2.31. The third-order valence-corrected chi connectivity index (χ3v) is 4.70. The molecule has 0 amide bonds. The Hall–Kier alpha value is -3.46. The number of hydrogen-bond acceptors (Lipinski definition) is 5. The summed E-state index contributed by atoms with van der Waals surface area (Å²) in [5.74, 6) is 0.748. The molecule has 0 saturated heterocycles. The fraction of sp³-hybridized carbons (Fsp3) is 0.200. The van der Waals surface area contributed by atoms with Gasteiger partial charge in [0.1, 0.15) is 6.04 Å². The minimum absolute atomic E-state index is 0.0928. The molecule has 2 aromatic carbocycles. The quantitative estimate of drug-likeness (QED) is 0.728. The van der Waals surface area contributed by atoms with E-state index in [9.17, 15) is 5.26 Å². The van der Waals surface area contributed by atoms with Gasteiger partial charge in [-0.1, -0.05) is 41.5 Å². The second kappa shape index (κ2) is 6.45. The van der Waals surface area contributed by atoms with Crippen LogP contribution in [0.4, 0.5) is 5.95 Å². The topological polar surface area (TPSA) is 70.6 Å². The average molecular weight is 342 g/mol. The van der Waals surface area contributed by atoms with E-state index < -0.39 is 0 Å². The van der Waals surface area contributed by atoms with Gasteiger partial charge < -0.3 is 4.90 Å². The van der Waals surface area contributed by atoms with Crippen LogP contribution in [-0.2, 0) is 0 Å². The zero-order chi connectivity index (χ0) is 18.1. The van der Waals surface area contributed by atoms with Gasteiger partial charge in [-0.3, -0.25) is 0 Å². The number of nitriles is 1. The first-order valence-electron chi connectivity index (χ1n) is 8.56. The lowest BCUT2D eigenvalue weighted by atomic mass is 9.93. The van der Waals surface area contributed by atoms with Crippen LogP contribution >= 0.6 is 0 Å². The zero-order valence-corrected chi connectivity index (χ0v) is 14.7. The Morgan fingerprint density at radius 1 is 1.15 bits per heavy atom. The summed E-state index contributed by atoms with van der Waals surface area (Å²) in [6.45, 7) is 4.97. The van der Waals surface area contributed by atoms with Crippen molar-refractivity contribution in [2.75, 3.05) is 11.4 Å². The largest absolute Gasteiger partial charge is 0.314 e. The van der Waals surface area contributed by atoms with Gasteiger partial charge in [0.15, 0.2) is 0 Å². The summed E-state index contributed by atoms with van der Waals surface area (Å²) in [6, 6.07) is 18.0. The molecule has 0 saturated carbocycles. The summed E-state index contributed by atoms with van der Waals surface area (Å²) < 4.78 is 1.85. The highest BCUT2D eigenvalue weighted by atomic mass is 15.6. The van der Waals surface area contributed by atoms with Crippen molar-refractivity contribution in [3.8, 4) is 17.2 Å². The molecule has 4 rings (SSSR count). The normalized spacial score (nSPS) is 16.0. The van der Waals surface area contributed by atoms with Gasteiger partial charge in [0.25, 0.3) is 5.95 Å². The number of hydrogen-bond donors (Lipinski definition) is 0. The van der Waals surface area contributed by atoms with Gasteiger partial charge in [-0.15, -0.1) is 0 Å². The zero-order valence-electron chi connectivity index (χ0n) is 14.7. The molecule has 6 nitrogen and oxygen atoms in total. The first kappa shape index (κ1) is 16.0. The molecule has 3 aromatic rings. The van der Waals surface area contributed by atoms with Crippen LogP contribution in [0.25, 0.3) is 11.1 Å². The lowest BCUT2D eigenvalue weighted by Crippen LogP contribution is -2.31. The van der Waals surface area contributed by atoms with Crippen molar-refractivity contribution in [2.24, 2.45) is 0 Å². The number of aromatic nitrogens is 4. The molecular formula is C20H18N6. The summed E-state index contributed by atoms with van der Waals surface area (Å²) in [6.07, 6.45) is 2.18. The van der Waals surface area contributed by atoms with Gasteiger partial charge in [0, 0.05) is 12.2 Å². The van der Waals surface area contributed by atoms with E-state index in [4.69, 9.17) is 0 Å². The molecule has 0 fully saturated rings. The summed E-state index contributed by atoms with van der Waals surface area (Å²) in [4.78, 5) is 2.09. The molecule has 0 radical (unpaired) electrons. The molecule has 1 aliphatic heterocycles. The summed E-state index contributed by atoms with van der Waals surface area (Å²) >= 11 is 0. The van der Waals surface area contributed by atoms with Crippen LogP contribution in [0, 0.1) is 11.3 Å². The van der Waals surface area contributed by atoms with E-state index in [-0.39, 0.29) is 6.04 Å². The smallest absolute Gasteiger partial charge is 0.250 e. The standard InChI is InChI=1S/C20H18N6/c1-3-25-14(2)11-19(26-20(25)22-23-24-26)18-10-5-4-9-17(18)16-8-6-7-15(12-16)13-21/h4-12,19H,3H2,1-2H3. The minimum Gasteiger partial charge on any atom is -0.314 e. The molecule has 1 atom stereocenters. The van der Waals surface area contributed by atoms with Crippen LogP contribution in [-0.4, -0.2) is 26.8 Å². The monoisotopic (exact) mass is 342 g/mol. The molecule has 1 aliphatic rings. The predicted molar refractivity (Wildman–Crippen MR) is 99.3 cm³/mol. The third-order valence-electron chi connectivity index (χ3n) is 4.70. The van der Waals surface area contributed by atoms with Crippen LogP contribution in [0.2, 0.25) is 0 Å².